The zero-order valence-electron chi connectivity index (χ0n) is 57.0. The van der Waals surface area contributed by atoms with E-state index in [0.29, 0.717) is 0 Å². The minimum absolute atomic E-state index is 1.11. The van der Waals surface area contributed by atoms with Crippen molar-refractivity contribution in [1.29, 1.82) is 0 Å². The molecule has 0 aliphatic carbocycles. The Labute approximate surface area is 614 Å². The summed E-state index contributed by atoms with van der Waals surface area (Å²) in [6, 6.07) is 139. The highest BCUT2D eigenvalue weighted by Gasteiger charge is 2.23. The molecule has 0 fully saturated rings. The van der Waals surface area contributed by atoms with Gasteiger partial charge in [0.25, 0.3) is 0 Å². The van der Waals surface area contributed by atoms with E-state index in [-0.39, 0.29) is 0 Å². The Balaban J connectivity index is 0.771. The first-order chi connectivity index (χ1) is 52.0. The van der Waals surface area contributed by atoms with Crippen molar-refractivity contribution in [2.45, 2.75) is 0 Å². The van der Waals surface area contributed by atoms with Gasteiger partial charge in [-0.05, 0) is 252 Å². The summed E-state index contributed by atoms with van der Waals surface area (Å²) in [5.41, 5.74) is 22.8. The Kier molecular flexibility index (Phi) is 13.5. The molecule has 0 unspecified atom stereocenters. The number of nitrogens with zero attached hydrogens (tertiary/aromatic N) is 1. The molecule has 22 aromatic rings. The Bertz CT molecular complexity index is 7000. The lowest BCUT2D eigenvalue weighted by atomic mass is 9.86. The summed E-state index contributed by atoms with van der Waals surface area (Å²) in [5.74, 6) is 0. The first kappa shape index (κ1) is 59.6. The average molecular weight is 1360 g/mol. The second-order valence-electron chi connectivity index (χ2n) is 28.2. The van der Waals surface area contributed by atoms with Crippen molar-refractivity contribution in [2.24, 2.45) is 0 Å². The van der Waals surface area contributed by atoms with Gasteiger partial charge < -0.3 is 4.57 Å². The maximum Gasteiger partial charge on any atom is 0.0541 e. The lowest BCUT2D eigenvalue weighted by Gasteiger charge is -2.18. The van der Waals surface area contributed by atoms with E-state index in [0.717, 1.165) is 16.7 Å². The van der Waals surface area contributed by atoms with Crippen LogP contribution in [0.25, 0.3) is 221 Å². The molecular weight excluding hydrogens is 1300 g/mol. The Hall–Kier alpha value is -13.0. The number of hydrogen-bond donors (Lipinski definition) is 0. The molecule has 0 aliphatic heterocycles. The standard InChI is InChI=1S/C102H61NS2/c1-2-20-66(21-3-1)99-83-26-12-14-28-85(83)100(86-29-15-13-27-84(86)99)67-38-44-82(45-39-67)103-95-46-40-78(87-58-80(74-36-32-64-18-6-10-24-70(64)52-74)60-93-91-54-76(42-48-97(91)104-101(87)93)72-34-30-62-16-4-8-22-68(62)50-72)56-89(95)90-57-79(41-47-96(90)103)88-59-81(75-37-33-65-19-7-11-25-71(65)53-75)61-94-92-55-77(43-49-98(92)105-102(88)94)73-35-31-63-17-5-9-23-69(63)51-73/h1-61H. The van der Waals surface area contributed by atoms with E-state index in [4.69, 9.17) is 0 Å². The molecule has 19 aromatic carbocycles. The topological polar surface area (TPSA) is 4.93 Å². The zero-order valence-corrected chi connectivity index (χ0v) is 58.6. The molecule has 0 aliphatic rings. The Morgan fingerprint density at radius 3 is 0.867 bits per heavy atom. The fraction of sp³-hybridized carbons (Fsp3) is 0. The predicted molar refractivity (Wildman–Crippen MR) is 455 cm³/mol. The molecule has 105 heavy (non-hydrogen) atoms. The summed E-state index contributed by atoms with van der Waals surface area (Å²) in [6.45, 7) is 0. The molecule has 0 saturated carbocycles. The molecule has 0 radical (unpaired) electrons. The molecule has 22 rings (SSSR count). The van der Waals surface area contributed by atoms with E-state index < -0.39 is 0 Å². The minimum Gasteiger partial charge on any atom is -0.309 e. The quantitative estimate of drug-likeness (QED) is 0.127. The summed E-state index contributed by atoms with van der Waals surface area (Å²) >= 11 is 3.81. The number of thiophene rings is 2. The van der Waals surface area contributed by atoms with Crippen molar-refractivity contribution in [3.8, 4) is 94.7 Å². The summed E-state index contributed by atoms with van der Waals surface area (Å²) in [5, 5.41) is 22.4. The third kappa shape index (κ3) is 9.81. The van der Waals surface area contributed by atoms with Gasteiger partial charge in [-0.3, -0.25) is 0 Å². The fourth-order valence-electron chi connectivity index (χ4n) is 17.1. The fourth-order valence-corrected chi connectivity index (χ4v) is 19.5. The second-order valence-corrected chi connectivity index (χ2v) is 30.3. The van der Waals surface area contributed by atoms with E-state index in [1.165, 1.54) is 205 Å². The zero-order chi connectivity index (χ0) is 68.8. The highest BCUT2D eigenvalue weighted by atomic mass is 32.1. The largest absolute Gasteiger partial charge is 0.309 e. The summed E-state index contributed by atoms with van der Waals surface area (Å²) < 4.78 is 7.62. The van der Waals surface area contributed by atoms with Crippen LogP contribution in [-0.4, -0.2) is 4.57 Å². The second kappa shape index (κ2) is 23.8. The van der Waals surface area contributed by atoms with Gasteiger partial charge in [-0.15, -0.1) is 22.7 Å². The van der Waals surface area contributed by atoms with Crippen molar-refractivity contribution < 1.29 is 0 Å². The predicted octanol–water partition coefficient (Wildman–Crippen LogP) is 29.8. The number of benzene rings is 19. The minimum atomic E-state index is 1.11. The van der Waals surface area contributed by atoms with Gasteiger partial charge in [0, 0.05) is 67.9 Å². The van der Waals surface area contributed by atoms with Crippen molar-refractivity contribution in [3.63, 3.8) is 0 Å². The summed E-state index contributed by atoms with van der Waals surface area (Å²) in [4.78, 5) is 0. The van der Waals surface area contributed by atoms with Crippen LogP contribution >= 0.6 is 22.7 Å². The van der Waals surface area contributed by atoms with E-state index in [9.17, 15) is 0 Å². The van der Waals surface area contributed by atoms with Crippen LogP contribution in [0.1, 0.15) is 0 Å². The monoisotopic (exact) mass is 1360 g/mol. The molecule has 0 amide bonds. The third-order valence-electron chi connectivity index (χ3n) is 22.3. The van der Waals surface area contributed by atoms with Gasteiger partial charge in [-0.1, -0.05) is 261 Å². The van der Waals surface area contributed by atoms with Crippen LogP contribution in [0.3, 0.4) is 0 Å². The maximum absolute atomic E-state index is 2.51. The van der Waals surface area contributed by atoms with Gasteiger partial charge in [0.2, 0.25) is 0 Å². The van der Waals surface area contributed by atoms with Crippen molar-refractivity contribution in [2.75, 3.05) is 0 Å². The summed E-state index contributed by atoms with van der Waals surface area (Å²) in [7, 11) is 0. The molecular formula is C102H61NS2. The van der Waals surface area contributed by atoms with Crippen LogP contribution in [0, 0.1) is 0 Å². The van der Waals surface area contributed by atoms with E-state index >= 15 is 0 Å². The van der Waals surface area contributed by atoms with Crippen LogP contribution in [0.2, 0.25) is 0 Å². The number of hydrogen-bond acceptors (Lipinski definition) is 2. The van der Waals surface area contributed by atoms with Crippen molar-refractivity contribution in [1.82, 2.24) is 4.57 Å². The van der Waals surface area contributed by atoms with E-state index in [1.807, 2.05) is 22.7 Å². The van der Waals surface area contributed by atoms with Gasteiger partial charge in [0.15, 0.2) is 0 Å². The smallest absolute Gasteiger partial charge is 0.0541 e. The molecule has 3 heteroatoms. The van der Waals surface area contributed by atoms with Gasteiger partial charge in [-0.2, -0.15) is 0 Å². The molecule has 0 saturated heterocycles. The van der Waals surface area contributed by atoms with E-state index in [1.54, 1.807) is 0 Å². The van der Waals surface area contributed by atoms with E-state index in [2.05, 4.69) is 375 Å². The highest BCUT2D eigenvalue weighted by Crippen LogP contribution is 2.50. The lowest BCUT2D eigenvalue weighted by Crippen LogP contribution is -1.95. The molecule has 0 N–H and O–H groups in total. The summed E-state index contributed by atoms with van der Waals surface area (Å²) in [6.07, 6.45) is 0. The normalized spacial score (nSPS) is 12.0. The Morgan fingerprint density at radius 2 is 0.467 bits per heavy atom. The number of rotatable bonds is 9. The van der Waals surface area contributed by atoms with Crippen LogP contribution in [-0.2, 0) is 0 Å². The first-order valence-electron chi connectivity index (χ1n) is 36.1. The molecule has 0 bridgehead atoms. The molecule has 0 atom stereocenters. The molecule has 3 heterocycles. The third-order valence-corrected chi connectivity index (χ3v) is 24.7. The SMILES string of the molecule is c1ccc(-c2c3ccccc3c(-c3ccc(-n4c5ccc(-c6cc(-c7ccc8ccccc8c7)cc7c6sc6ccc(-c8ccc9ccccc9c8)cc67)cc5c5cc(-c6cc(-c7ccc8ccccc8c7)cc7c6sc6ccc(-c8ccc9ccccc9c8)cc67)ccc54)cc3)c3ccccc23)cc1. The van der Waals surface area contributed by atoms with Crippen molar-refractivity contribution in [3.05, 3.63) is 370 Å². The molecule has 486 valence electrons. The lowest BCUT2D eigenvalue weighted by molar-refractivity contribution is 1.18. The van der Waals surface area contributed by atoms with Gasteiger partial charge in [0.1, 0.15) is 0 Å². The maximum atomic E-state index is 2.51. The van der Waals surface area contributed by atoms with Gasteiger partial charge in [0.05, 0.1) is 11.0 Å². The number of fused-ring (bicyclic) bond motifs is 15. The van der Waals surface area contributed by atoms with Gasteiger partial charge in [-0.25, -0.2) is 0 Å². The van der Waals surface area contributed by atoms with Crippen LogP contribution in [0.4, 0.5) is 0 Å². The van der Waals surface area contributed by atoms with Crippen LogP contribution in [0.15, 0.2) is 370 Å². The van der Waals surface area contributed by atoms with Crippen LogP contribution in [0.5, 0.6) is 0 Å². The first-order valence-corrected chi connectivity index (χ1v) is 37.8. The molecule has 1 nitrogen and oxygen atoms in total. The van der Waals surface area contributed by atoms with Gasteiger partial charge >= 0.3 is 0 Å². The average Bonchev–Trinajstić information content (AvgIpc) is 1.70. The Morgan fingerprint density at radius 1 is 0.171 bits per heavy atom. The number of aromatic nitrogens is 1. The highest BCUT2D eigenvalue weighted by molar-refractivity contribution is 7.26. The van der Waals surface area contributed by atoms with Crippen molar-refractivity contribution >= 4 is 149 Å². The molecule has 3 aromatic heterocycles. The van der Waals surface area contributed by atoms with Crippen LogP contribution < -0.4 is 0 Å². The molecule has 0 spiro atoms.